The van der Waals surface area contributed by atoms with Crippen LogP contribution in [0.3, 0.4) is 0 Å². The third kappa shape index (κ3) is 2.65. The summed E-state index contributed by atoms with van der Waals surface area (Å²) in [7, 11) is 0. The highest BCUT2D eigenvalue weighted by molar-refractivity contribution is 5.28. The number of aryl methyl sites for hydroxylation is 1. The first-order valence-electron chi connectivity index (χ1n) is 8.50. The quantitative estimate of drug-likeness (QED) is 0.807. The molecular weight excluding hydrogens is 244 g/mol. The maximum absolute atomic E-state index is 11.4. The molecule has 1 N–H and O–H groups in total. The second-order valence-electron chi connectivity index (χ2n) is 7.04. The van der Waals surface area contributed by atoms with E-state index < -0.39 is 5.60 Å². The van der Waals surface area contributed by atoms with Crippen molar-refractivity contribution in [2.24, 2.45) is 11.8 Å². The van der Waals surface area contributed by atoms with Crippen LogP contribution in [0.4, 0.5) is 0 Å². The van der Waals surface area contributed by atoms with Gasteiger partial charge in [-0.05, 0) is 37.2 Å². The van der Waals surface area contributed by atoms with Gasteiger partial charge in [-0.3, -0.25) is 0 Å². The van der Waals surface area contributed by atoms with Gasteiger partial charge in [0.1, 0.15) is 0 Å². The maximum Gasteiger partial charge on any atom is 0.0927 e. The fourth-order valence-corrected chi connectivity index (χ4v) is 4.55. The van der Waals surface area contributed by atoms with Gasteiger partial charge in [-0.15, -0.1) is 0 Å². The fourth-order valence-electron chi connectivity index (χ4n) is 4.55. The predicted octanol–water partition coefficient (Wildman–Crippen LogP) is 4.95. The summed E-state index contributed by atoms with van der Waals surface area (Å²) in [5.74, 6) is 1.23. The summed E-state index contributed by atoms with van der Waals surface area (Å²) in [5, 5.41) is 11.4. The highest BCUT2D eigenvalue weighted by atomic mass is 16.3. The molecule has 1 aromatic carbocycles. The molecule has 2 fully saturated rings. The van der Waals surface area contributed by atoms with Gasteiger partial charge in [0, 0.05) is 0 Å². The summed E-state index contributed by atoms with van der Waals surface area (Å²) < 4.78 is 0. The maximum atomic E-state index is 11.4. The Kier molecular flexibility index (Phi) is 4.16. The first-order chi connectivity index (χ1) is 9.70. The molecule has 2 atom stereocenters. The van der Waals surface area contributed by atoms with Crippen LogP contribution in [0.1, 0.15) is 68.9 Å². The van der Waals surface area contributed by atoms with Crippen molar-refractivity contribution < 1.29 is 5.11 Å². The van der Waals surface area contributed by atoms with Crippen LogP contribution in [-0.2, 0) is 5.60 Å². The van der Waals surface area contributed by atoms with Crippen LogP contribution in [0.25, 0.3) is 0 Å². The van der Waals surface area contributed by atoms with Crippen LogP contribution in [0.15, 0.2) is 24.3 Å². The smallest absolute Gasteiger partial charge is 0.0927 e. The summed E-state index contributed by atoms with van der Waals surface area (Å²) in [5.41, 5.74) is 1.88. The van der Waals surface area contributed by atoms with Crippen molar-refractivity contribution in [3.05, 3.63) is 35.4 Å². The summed E-state index contributed by atoms with van der Waals surface area (Å²) in [6, 6.07) is 8.63. The number of aliphatic hydroxyl groups is 1. The van der Waals surface area contributed by atoms with E-state index in [-0.39, 0.29) is 0 Å². The van der Waals surface area contributed by atoms with E-state index >= 15 is 0 Å². The van der Waals surface area contributed by atoms with Gasteiger partial charge in [0.25, 0.3) is 0 Å². The van der Waals surface area contributed by atoms with E-state index in [2.05, 4.69) is 31.2 Å². The summed E-state index contributed by atoms with van der Waals surface area (Å²) in [6.45, 7) is 2.12. The van der Waals surface area contributed by atoms with Crippen molar-refractivity contribution in [2.75, 3.05) is 0 Å². The summed E-state index contributed by atoms with van der Waals surface area (Å²) in [6.07, 6.45) is 11.4. The summed E-state index contributed by atoms with van der Waals surface area (Å²) >= 11 is 0. The van der Waals surface area contributed by atoms with Crippen LogP contribution < -0.4 is 0 Å². The van der Waals surface area contributed by atoms with Gasteiger partial charge in [0.15, 0.2) is 0 Å². The van der Waals surface area contributed by atoms with Crippen molar-refractivity contribution in [3.63, 3.8) is 0 Å². The molecule has 20 heavy (non-hydrogen) atoms. The highest BCUT2D eigenvalue weighted by Crippen LogP contribution is 2.48. The lowest BCUT2D eigenvalue weighted by molar-refractivity contribution is -0.0835. The van der Waals surface area contributed by atoms with E-state index in [1.165, 1.54) is 62.5 Å². The average molecular weight is 272 g/mol. The molecule has 1 nitrogen and oxygen atoms in total. The van der Waals surface area contributed by atoms with E-state index in [4.69, 9.17) is 0 Å². The van der Waals surface area contributed by atoms with Crippen LogP contribution in [-0.4, -0.2) is 5.11 Å². The van der Waals surface area contributed by atoms with Gasteiger partial charge >= 0.3 is 0 Å². The van der Waals surface area contributed by atoms with E-state index in [9.17, 15) is 5.11 Å². The largest absolute Gasteiger partial charge is 0.385 e. The monoisotopic (exact) mass is 272 g/mol. The minimum absolute atomic E-state index is 0.485. The molecule has 0 saturated heterocycles. The molecule has 0 radical (unpaired) electrons. The van der Waals surface area contributed by atoms with Crippen molar-refractivity contribution in [2.45, 2.75) is 70.3 Å². The van der Waals surface area contributed by atoms with Crippen molar-refractivity contribution in [1.29, 1.82) is 0 Å². The molecule has 110 valence electrons. The van der Waals surface area contributed by atoms with E-state index in [1.54, 1.807) is 0 Å². The van der Waals surface area contributed by atoms with Gasteiger partial charge in [-0.1, -0.05) is 74.8 Å². The van der Waals surface area contributed by atoms with Gasteiger partial charge in [0.05, 0.1) is 5.60 Å². The molecule has 0 spiro atoms. The molecule has 2 aliphatic rings. The van der Waals surface area contributed by atoms with Crippen LogP contribution >= 0.6 is 0 Å². The predicted molar refractivity (Wildman–Crippen MR) is 83.6 cm³/mol. The zero-order valence-electron chi connectivity index (χ0n) is 12.8. The third-order valence-corrected chi connectivity index (χ3v) is 5.71. The van der Waals surface area contributed by atoms with E-state index in [0.29, 0.717) is 5.92 Å². The van der Waals surface area contributed by atoms with Crippen molar-refractivity contribution in [3.8, 4) is 0 Å². The molecule has 2 aliphatic carbocycles. The Balaban J connectivity index is 1.88. The molecule has 1 heteroatoms. The first kappa shape index (κ1) is 14.1. The second kappa shape index (κ2) is 5.89. The number of hydrogen-bond acceptors (Lipinski definition) is 1. The minimum Gasteiger partial charge on any atom is -0.385 e. The normalized spacial score (nSPS) is 32.2. The topological polar surface area (TPSA) is 20.2 Å². The Morgan fingerprint density at radius 1 is 0.900 bits per heavy atom. The van der Waals surface area contributed by atoms with Gasteiger partial charge in [-0.2, -0.15) is 0 Å². The zero-order chi connectivity index (χ0) is 14.0. The second-order valence-corrected chi connectivity index (χ2v) is 7.04. The molecule has 0 aliphatic heterocycles. The lowest BCUT2D eigenvalue weighted by Crippen LogP contribution is -2.42. The first-order valence-corrected chi connectivity index (χ1v) is 8.50. The van der Waals surface area contributed by atoms with E-state index in [0.717, 1.165) is 12.3 Å². The van der Waals surface area contributed by atoms with Gasteiger partial charge in [-0.25, -0.2) is 0 Å². The molecule has 0 amide bonds. The Morgan fingerprint density at radius 3 is 2.25 bits per heavy atom. The molecule has 0 aromatic heterocycles. The molecule has 3 rings (SSSR count). The standard InChI is InChI=1S/C19H28O/c1-15-10-12-17(13-11-15)19(20)14-6-5-9-18(19)16-7-3-2-4-8-16/h10-13,16,18,20H,2-9,14H2,1H3. The molecule has 2 saturated carbocycles. The highest BCUT2D eigenvalue weighted by Gasteiger charge is 2.44. The third-order valence-electron chi connectivity index (χ3n) is 5.71. The lowest BCUT2D eigenvalue weighted by atomic mass is 9.63. The number of rotatable bonds is 2. The van der Waals surface area contributed by atoms with Crippen molar-refractivity contribution >= 4 is 0 Å². The van der Waals surface area contributed by atoms with E-state index in [1.807, 2.05) is 0 Å². The molecule has 1 aromatic rings. The zero-order valence-corrected chi connectivity index (χ0v) is 12.8. The minimum atomic E-state index is -0.562. The lowest BCUT2D eigenvalue weighted by Gasteiger charge is -2.45. The average Bonchev–Trinajstić information content (AvgIpc) is 2.49. The van der Waals surface area contributed by atoms with Crippen molar-refractivity contribution in [1.82, 2.24) is 0 Å². The molecule has 0 bridgehead atoms. The summed E-state index contributed by atoms with van der Waals surface area (Å²) in [4.78, 5) is 0. The van der Waals surface area contributed by atoms with Crippen LogP contribution in [0.5, 0.6) is 0 Å². The van der Waals surface area contributed by atoms with Gasteiger partial charge in [0.2, 0.25) is 0 Å². The fraction of sp³-hybridized carbons (Fsp3) is 0.684. The Hall–Kier alpha value is -0.820. The molecular formula is C19H28O. The number of benzene rings is 1. The SMILES string of the molecule is Cc1ccc(C2(O)CCCCC2C2CCCCC2)cc1. The number of hydrogen-bond donors (Lipinski definition) is 1. The Labute approximate surface area is 123 Å². The molecule has 0 heterocycles. The Bertz CT molecular complexity index is 430. The Morgan fingerprint density at radius 2 is 1.55 bits per heavy atom. The molecule has 2 unspecified atom stereocenters. The van der Waals surface area contributed by atoms with Gasteiger partial charge < -0.3 is 5.11 Å². The van der Waals surface area contributed by atoms with Crippen LogP contribution in [0, 0.1) is 18.8 Å². The van der Waals surface area contributed by atoms with Crippen LogP contribution in [0.2, 0.25) is 0 Å².